The smallest absolute Gasteiger partial charge is 0.243 e. The number of nitrogens with zero attached hydrogens (tertiary/aromatic N) is 4. The Morgan fingerprint density at radius 2 is 2.21 bits per heavy atom. The number of hydrogen-bond donors (Lipinski definition) is 2. The Morgan fingerprint density at radius 1 is 1.46 bits per heavy atom. The predicted molar refractivity (Wildman–Crippen MR) is 110 cm³/mol. The van der Waals surface area contributed by atoms with Gasteiger partial charge < -0.3 is 15.5 Å². The standard InChI is InChI=1S/C20H23FN6O/c1-14(11-27(22-2)12-15-4-6-16(21)7-5-15)9-23-19-8-18-17(10-24-19)25-20(28)13-26(18)3/h4-8,10-11H,2,9,12-13H2,1,3H3,(H,23,24)(H,25,28)/b14-11+. The maximum Gasteiger partial charge on any atom is 0.243 e. The van der Waals surface area contributed by atoms with Crippen LogP contribution in [-0.4, -0.2) is 42.8 Å². The molecule has 0 unspecified atom stereocenters. The molecule has 0 bridgehead atoms. The van der Waals surface area contributed by atoms with E-state index >= 15 is 0 Å². The third-order valence-electron chi connectivity index (χ3n) is 4.31. The molecule has 0 saturated heterocycles. The number of halogens is 1. The molecule has 3 rings (SSSR count). The summed E-state index contributed by atoms with van der Waals surface area (Å²) in [6, 6.07) is 8.21. The molecule has 1 aromatic heterocycles. The van der Waals surface area contributed by atoms with E-state index in [1.54, 1.807) is 23.3 Å². The fourth-order valence-electron chi connectivity index (χ4n) is 2.89. The summed E-state index contributed by atoms with van der Waals surface area (Å²) in [5.41, 5.74) is 3.59. The fraction of sp³-hybridized carbons (Fsp3) is 0.250. The summed E-state index contributed by atoms with van der Waals surface area (Å²) in [6.45, 7) is 6.95. The summed E-state index contributed by atoms with van der Waals surface area (Å²) in [5, 5.41) is 11.8. The summed E-state index contributed by atoms with van der Waals surface area (Å²) in [4.78, 5) is 17.8. The van der Waals surface area contributed by atoms with Gasteiger partial charge in [0.05, 0.1) is 30.7 Å². The Morgan fingerprint density at radius 3 is 2.93 bits per heavy atom. The largest absolute Gasteiger partial charge is 0.366 e. The molecule has 0 spiro atoms. The minimum absolute atomic E-state index is 0.0468. The second-order valence-corrected chi connectivity index (χ2v) is 6.69. The number of likely N-dealkylation sites (N-methyl/N-ethyl adjacent to an activating group) is 1. The number of benzene rings is 1. The van der Waals surface area contributed by atoms with Crippen LogP contribution in [0.5, 0.6) is 0 Å². The Hall–Kier alpha value is -3.42. The summed E-state index contributed by atoms with van der Waals surface area (Å²) >= 11 is 0. The van der Waals surface area contributed by atoms with Crippen LogP contribution in [0.25, 0.3) is 0 Å². The van der Waals surface area contributed by atoms with Crippen molar-refractivity contribution < 1.29 is 9.18 Å². The highest BCUT2D eigenvalue weighted by atomic mass is 19.1. The van der Waals surface area contributed by atoms with E-state index in [9.17, 15) is 9.18 Å². The first-order chi connectivity index (χ1) is 13.4. The minimum atomic E-state index is -0.263. The van der Waals surface area contributed by atoms with Gasteiger partial charge in [-0.15, -0.1) is 0 Å². The number of pyridine rings is 1. The predicted octanol–water partition coefficient (Wildman–Crippen LogP) is 3.04. The Balaban J connectivity index is 1.61. The lowest BCUT2D eigenvalue weighted by Crippen LogP contribution is -2.35. The SMILES string of the molecule is C=NN(/C=C(\C)CNc1cc2c(cn1)NC(=O)CN2C)Cc1ccc(F)cc1. The molecule has 1 aliphatic heterocycles. The summed E-state index contributed by atoms with van der Waals surface area (Å²) < 4.78 is 13.0. The Labute approximate surface area is 163 Å². The monoisotopic (exact) mass is 382 g/mol. The second-order valence-electron chi connectivity index (χ2n) is 6.69. The number of nitrogens with one attached hydrogen (secondary N) is 2. The van der Waals surface area contributed by atoms with Gasteiger partial charge in [0.1, 0.15) is 11.6 Å². The number of anilines is 3. The molecular formula is C20H23FN6O. The first kappa shape index (κ1) is 19.3. The van der Waals surface area contributed by atoms with E-state index < -0.39 is 0 Å². The van der Waals surface area contributed by atoms with Crippen molar-refractivity contribution in [1.82, 2.24) is 9.99 Å². The van der Waals surface area contributed by atoms with Crippen LogP contribution >= 0.6 is 0 Å². The van der Waals surface area contributed by atoms with Crippen molar-refractivity contribution in [1.29, 1.82) is 0 Å². The molecule has 7 nitrogen and oxygen atoms in total. The topological polar surface area (TPSA) is 72.9 Å². The molecule has 0 radical (unpaired) electrons. The van der Waals surface area contributed by atoms with Crippen molar-refractivity contribution in [2.75, 3.05) is 35.7 Å². The van der Waals surface area contributed by atoms with Gasteiger partial charge in [-0.05, 0) is 30.2 Å². The molecule has 2 heterocycles. The van der Waals surface area contributed by atoms with Crippen LogP contribution < -0.4 is 15.5 Å². The van der Waals surface area contributed by atoms with Gasteiger partial charge in [-0.25, -0.2) is 9.37 Å². The number of aromatic nitrogens is 1. The van der Waals surface area contributed by atoms with Crippen molar-refractivity contribution >= 4 is 29.8 Å². The van der Waals surface area contributed by atoms with E-state index in [1.165, 1.54) is 12.1 Å². The van der Waals surface area contributed by atoms with Gasteiger partial charge in [0.15, 0.2) is 0 Å². The minimum Gasteiger partial charge on any atom is -0.366 e. The molecular weight excluding hydrogens is 359 g/mol. The molecule has 1 amide bonds. The van der Waals surface area contributed by atoms with E-state index in [1.807, 2.05) is 31.1 Å². The second kappa shape index (κ2) is 8.51. The highest BCUT2D eigenvalue weighted by Gasteiger charge is 2.19. The maximum absolute atomic E-state index is 13.0. The van der Waals surface area contributed by atoms with E-state index in [-0.39, 0.29) is 11.7 Å². The van der Waals surface area contributed by atoms with Gasteiger partial charge in [0.25, 0.3) is 0 Å². The lowest BCUT2D eigenvalue weighted by atomic mass is 10.2. The zero-order chi connectivity index (χ0) is 20.1. The van der Waals surface area contributed by atoms with E-state index in [0.29, 0.717) is 31.1 Å². The highest BCUT2D eigenvalue weighted by molar-refractivity contribution is 6.01. The number of hydrogen-bond acceptors (Lipinski definition) is 6. The normalized spacial score (nSPS) is 13.6. The molecule has 2 N–H and O–H groups in total. The van der Waals surface area contributed by atoms with Gasteiger partial charge in [0, 0.05) is 32.6 Å². The van der Waals surface area contributed by atoms with Crippen molar-refractivity contribution in [3.8, 4) is 0 Å². The average Bonchev–Trinajstić information content (AvgIpc) is 2.67. The van der Waals surface area contributed by atoms with Gasteiger partial charge in [-0.1, -0.05) is 12.1 Å². The zero-order valence-corrected chi connectivity index (χ0v) is 15.9. The van der Waals surface area contributed by atoms with Gasteiger partial charge in [-0.3, -0.25) is 9.80 Å². The van der Waals surface area contributed by atoms with Gasteiger partial charge in [0.2, 0.25) is 5.91 Å². The fourth-order valence-corrected chi connectivity index (χ4v) is 2.89. The van der Waals surface area contributed by atoms with Gasteiger partial charge in [-0.2, -0.15) is 5.10 Å². The van der Waals surface area contributed by atoms with Crippen LogP contribution in [0.15, 0.2) is 53.4 Å². The van der Waals surface area contributed by atoms with Crippen LogP contribution in [0.4, 0.5) is 21.6 Å². The van der Waals surface area contributed by atoms with Crippen molar-refractivity contribution in [2.45, 2.75) is 13.5 Å². The van der Waals surface area contributed by atoms with Crippen LogP contribution in [0, 0.1) is 5.82 Å². The first-order valence-electron chi connectivity index (χ1n) is 8.84. The molecule has 8 heteroatoms. The molecule has 0 aliphatic carbocycles. The zero-order valence-electron chi connectivity index (χ0n) is 15.9. The Bertz CT molecular complexity index is 896. The van der Waals surface area contributed by atoms with E-state index in [4.69, 9.17) is 0 Å². The van der Waals surface area contributed by atoms with E-state index in [2.05, 4.69) is 27.4 Å². The Kier molecular flexibility index (Phi) is 5.88. The summed E-state index contributed by atoms with van der Waals surface area (Å²) in [5.74, 6) is 0.404. The van der Waals surface area contributed by atoms with Crippen molar-refractivity contribution in [3.05, 3.63) is 59.7 Å². The third-order valence-corrected chi connectivity index (χ3v) is 4.31. The summed E-state index contributed by atoms with van der Waals surface area (Å²) in [7, 11) is 1.87. The van der Waals surface area contributed by atoms with Crippen molar-refractivity contribution in [3.63, 3.8) is 0 Å². The molecule has 1 aliphatic rings. The third kappa shape index (κ3) is 4.85. The lowest BCUT2D eigenvalue weighted by Gasteiger charge is -2.27. The highest BCUT2D eigenvalue weighted by Crippen LogP contribution is 2.29. The molecule has 0 saturated carbocycles. The van der Waals surface area contributed by atoms with Crippen LogP contribution in [-0.2, 0) is 11.3 Å². The van der Waals surface area contributed by atoms with Crippen molar-refractivity contribution in [2.24, 2.45) is 5.10 Å². The number of carbonyl (C=O) groups is 1. The molecule has 0 fully saturated rings. The van der Waals surface area contributed by atoms with Gasteiger partial charge >= 0.3 is 0 Å². The molecule has 2 aromatic rings. The lowest BCUT2D eigenvalue weighted by molar-refractivity contribution is -0.115. The number of carbonyl (C=O) groups excluding carboxylic acids is 1. The maximum atomic E-state index is 13.0. The molecule has 1 aromatic carbocycles. The average molecular weight is 382 g/mol. The molecule has 146 valence electrons. The van der Waals surface area contributed by atoms with E-state index in [0.717, 1.165) is 16.8 Å². The quantitative estimate of drug-likeness (QED) is 0.569. The number of rotatable bonds is 7. The van der Waals surface area contributed by atoms with Crippen LogP contribution in [0.3, 0.4) is 0 Å². The number of fused-ring (bicyclic) bond motifs is 1. The van der Waals surface area contributed by atoms with Crippen LogP contribution in [0.1, 0.15) is 12.5 Å². The molecule has 0 atom stereocenters. The number of amides is 1. The summed E-state index contributed by atoms with van der Waals surface area (Å²) in [6.07, 6.45) is 3.53. The van der Waals surface area contributed by atoms with Crippen LogP contribution in [0.2, 0.25) is 0 Å². The number of hydrazone groups is 1. The first-order valence-corrected chi connectivity index (χ1v) is 8.84. The molecule has 28 heavy (non-hydrogen) atoms.